The van der Waals surface area contributed by atoms with Gasteiger partial charge < -0.3 is 15.5 Å². The zero-order chi connectivity index (χ0) is 17.9. The number of halogens is 1. The number of rotatable bonds is 6. The first-order chi connectivity index (χ1) is 12.7. The average molecular weight is 392 g/mol. The molecule has 0 saturated carbocycles. The third-order valence-corrected chi connectivity index (χ3v) is 6.17. The third kappa shape index (κ3) is 5.02. The smallest absolute Gasteiger partial charge is 0.222 e. The number of amides is 2. The van der Waals surface area contributed by atoms with Crippen molar-refractivity contribution in [3.8, 4) is 0 Å². The molecule has 3 heterocycles. The van der Waals surface area contributed by atoms with E-state index in [1.54, 1.807) is 0 Å². The molecule has 4 rings (SSSR count). The van der Waals surface area contributed by atoms with Gasteiger partial charge in [-0.05, 0) is 49.1 Å². The van der Waals surface area contributed by atoms with Crippen LogP contribution < -0.4 is 10.6 Å². The maximum Gasteiger partial charge on any atom is 0.222 e. The Morgan fingerprint density at radius 1 is 1.15 bits per heavy atom. The lowest BCUT2D eigenvalue weighted by molar-refractivity contribution is -0.128. The van der Waals surface area contributed by atoms with E-state index in [0.717, 1.165) is 36.9 Å². The molecule has 2 bridgehead atoms. The van der Waals surface area contributed by atoms with Crippen molar-refractivity contribution in [1.82, 2.24) is 15.5 Å². The minimum absolute atomic E-state index is 0. The molecule has 3 fully saturated rings. The van der Waals surface area contributed by atoms with Crippen molar-refractivity contribution in [3.05, 3.63) is 35.4 Å². The van der Waals surface area contributed by atoms with Gasteiger partial charge in [-0.1, -0.05) is 24.3 Å². The fourth-order valence-corrected chi connectivity index (χ4v) is 4.83. The maximum atomic E-state index is 12.4. The predicted molar refractivity (Wildman–Crippen MR) is 107 cm³/mol. The fraction of sp³-hybridized carbons (Fsp3) is 0.619. The van der Waals surface area contributed by atoms with E-state index in [1.165, 1.54) is 12.8 Å². The molecule has 1 aromatic carbocycles. The van der Waals surface area contributed by atoms with Crippen LogP contribution in [0.25, 0.3) is 0 Å². The van der Waals surface area contributed by atoms with Crippen LogP contribution in [-0.4, -0.2) is 35.3 Å². The first-order valence-electron chi connectivity index (χ1n) is 10.0. The molecule has 2 unspecified atom stereocenters. The van der Waals surface area contributed by atoms with Crippen LogP contribution in [0.15, 0.2) is 24.3 Å². The quantitative estimate of drug-likeness (QED) is 0.783. The van der Waals surface area contributed by atoms with E-state index in [9.17, 15) is 9.59 Å². The summed E-state index contributed by atoms with van der Waals surface area (Å²) in [6.07, 6.45) is 7.07. The molecular formula is C21H30ClN3O2. The molecule has 1 aromatic rings. The van der Waals surface area contributed by atoms with E-state index in [0.29, 0.717) is 43.9 Å². The van der Waals surface area contributed by atoms with Crippen LogP contribution in [-0.2, 0) is 22.7 Å². The van der Waals surface area contributed by atoms with Crippen LogP contribution in [0.1, 0.15) is 56.1 Å². The van der Waals surface area contributed by atoms with Gasteiger partial charge in [-0.2, -0.15) is 0 Å². The van der Waals surface area contributed by atoms with Gasteiger partial charge in [0.15, 0.2) is 0 Å². The average Bonchev–Trinajstić information content (AvgIpc) is 3.19. The molecule has 2 amide bonds. The largest absolute Gasteiger partial charge is 0.352 e. The highest BCUT2D eigenvalue weighted by atomic mass is 35.5. The summed E-state index contributed by atoms with van der Waals surface area (Å²) < 4.78 is 0. The van der Waals surface area contributed by atoms with Crippen LogP contribution in [0.2, 0.25) is 0 Å². The highest BCUT2D eigenvalue weighted by molar-refractivity contribution is 5.85. The van der Waals surface area contributed by atoms with Gasteiger partial charge in [0.25, 0.3) is 0 Å². The minimum atomic E-state index is 0. The van der Waals surface area contributed by atoms with Crippen molar-refractivity contribution < 1.29 is 9.59 Å². The SMILES string of the molecule is Cl.O=C(CC1CC2CCC(C1)N2)NCc1ccccc1CN1CCCC1=O. The molecule has 6 heteroatoms. The van der Waals surface area contributed by atoms with Gasteiger partial charge in [-0.3, -0.25) is 9.59 Å². The predicted octanol–water partition coefficient (Wildman–Crippen LogP) is 2.77. The number of nitrogens with one attached hydrogen (secondary N) is 2. The Kier molecular flexibility index (Phi) is 6.77. The van der Waals surface area contributed by atoms with E-state index in [2.05, 4.69) is 22.8 Å². The Morgan fingerprint density at radius 2 is 1.85 bits per heavy atom. The summed E-state index contributed by atoms with van der Waals surface area (Å²) >= 11 is 0. The van der Waals surface area contributed by atoms with E-state index in [-0.39, 0.29) is 24.2 Å². The van der Waals surface area contributed by atoms with Gasteiger partial charge in [0.2, 0.25) is 11.8 Å². The van der Waals surface area contributed by atoms with E-state index in [1.807, 2.05) is 17.0 Å². The van der Waals surface area contributed by atoms with E-state index < -0.39 is 0 Å². The van der Waals surface area contributed by atoms with E-state index in [4.69, 9.17) is 0 Å². The molecule has 0 spiro atoms. The number of nitrogens with zero attached hydrogens (tertiary/aromatic N) is 1. The summed E-state index contributed by atoms with van der Waals surface area (Å²) in [7, 11) is 0. The first-order valence-corrected chi connectivity index (χ1v) is 10.0. The topological polar surface area (TPSA) is 61.4 Å². The molecule has 0 aliphatic carbocycles. The van der Waals surface area contributed by atoms with Crippen LogP contribution >= 0.6 is 12.4 Å². The standard InChI is InChI=1S/C21H29N3O2.ClH/c25-20(12-15-10-18-7-8-19(11-15)23-18)22-13-16-4-1-2-5-17(16)14-24-9-3-6-21(24)26;/h1-2,4-5,15,18-19,23H,3,6-14H2,(H,22,25);1H. The monoisotopic (exact) mass is 391 g/mol. The van der Waals surface area contributed by atoms with Gasteiger partial charge in [-0.15, -0.1) is 12.4 Å². The summed E-state index contributed by atoms with van der Waals surface area (Å²) in [6, 6.07) is 9.39. The number of likely N-dealkylation sites (tertiary alicyclic amines) is 1. The summed E-state index contributed by atoms with van der Waals surface area (Å²) in [5, 5.41) is 6.74. The van der Waals surface area contributed by atoms with E-state index >= 15 is 0 Å². The Hall–Kier alpha value is -1.59. The number of hydrogen-bond donors (Lipinski definition) is 2. The van der Waals surface area contributed by atoms with Crippen molar-refractivity contribution in [3.63, 3.8) is 0 Å². The molecule has 0 radical (unpaired) electrons. The molecule has 3 aliphatic rings. The fourth-order valence-electron chi connectivity index (χ4n) is 4.83. The highest BCUT2D eigenvalue weighted by Gasteiger charge is 2.34. The van der Waals surface area contributed by atoms with Gasteiger partial charge in [0.1, 0.15) is 0 Å². The zero-order valence-corrected chi connectivity index (χ0v) is 16.6. The van der Waals surface area contributed by atoms with Gasteiger partial charge in [-0.25, -0.2) is 0 Å². The molecule has 2 atom stereocenters. The third-order valence-electron chi connectivity index (χ3n) is 6.17. The second kappa shape index (κ2) is 9.07. The summed E-state index contributed by atoms with van der Waals surface area (Å²) in [5.74, 6) is 0.916. The second-order valence-electron chi connectivity index (χ2n) is 8.14. The lowest BCUT2D eigenvalue weighted by atomic mass is 9.89. The van der Waals surface area contributed by atoms with Crippen LogP contribution in [0.4, 0.5) is 0 Å². The van der Waals surface area contributed by atoms with Crippen molar-refractivity contribution >= 4 is 24.2 Å². The van der Waals surface area contributed by atoms with Crippen LogP contribution in [0, 0.1) is 5.92 Å². The lowest BCUT2D eigenvalue weighted by Crippen LogP contribution is -2.39. The number of benzene rings is 1. The normalized spacial score (nSPS) is 26.7. The lowest BCUT2D eigenvalue weighted by Gasteiger charge is -2.28. The van der Waals surface area contributed by atoms with Crippen molar-refractivity contribution in [2.75, 3.05) is 6.54 Å². The molecule has 27 heavy (non-hydrogen) atoms. The van der Waals surface area contributed by atoms with Crippen molar-refractivity contribution in [1.29, 1.82) is 0 Å². The number of piperidine rings is 1. The number of hydrogen-bond acceptors (Lipinski definition) is 3. The molecular weight excluding hydrogens is 362 g/mol. The Balaban J connectivity index is 0.00000210. The van der Waals surface area contributed by atoms with Gasteiger partial charge in [0.05, 0.1) is 0 Å². The molecule has 3 saturated heterocycles. The number of carbonyl (C=O) groups excluding carboxylic acids is 2. The van der Waals surface area contributed by atoms with Crippen molar-refractivity contribution in [2.45, 2.75) is 70.1 Å². The summed E-state index contributed by atoms with van der Waals surface area (Å²) in [6.45, 7) is 2.05. The van der Waals surface area contributed by atoms with Gasteiger partial charge in [0, 0.05) is 44.6 Å². The summed E-state index contributed by atoms with van der Waals surface area (Å²) in [4.78, 5) is 26.2. The second-order valence-corrected chi connectivity index (χ2v) is 8.14. The highest BCUT2D eigenvalue weighted by Crippen LogP contribution is 2.32. The molecule has 3 aliphatic heterocycles. The minimum Gasteiger partial charge on any atom is -0.352 e. The molecule has 2 N–H and O–H groups in total. The van der Waals surface area contributed by atoms with Crippen LogP contribution in [0.3, 0.4) is 0 Å². The molecule has 148 valence electrons. The first kappa shape index (κ1) is 20.2. The Bertz CT molecular complexity index is 669. The zero-order valence-electron chi connectivity index (χ0n) is 15.8. The Morgan fingerprint density at radius 3 is 2.52 bits per heavy atom. The Labute approximate surface area is 167 Å². The van der Waals surface area contributed by atoms with Crippen LogP contribution in [0.5, 0.6) is 0 Å². The van der Waals surface area contributed by atoms with Crippen molar-refractivity contribution in [2.24, 2.45) is 5.92 Å². The van der Waals surface area contributed by atoms with Gasteiger partial charge >= 0.3 is 0 Å². The molecule has 0 aromatic heterocycles. The number of fused-ring (bicyclic) bond motifs is 2. The number of carbonyl (C=O) groups is 2. The summed E-state index contributed by atoms with van der Waals surface area (Å²) in [5.41, 5.74) is 2.26. The maximum absolute atomic E-state index is 12.4. The molecule has 5 nitrogen and oxygen atoms in total.